The minimum absolute atomic E-state index is 0.0168. The number of carbonyl (C=O) groups is 3. The van der Waals surface area contributed by atoms with E-state index < -0.39 is 30.4 Å². The van der Waals surface area contributed by atoms with Crippen molar-refractivity contribution in [3.05, 3.63) is 59.7 Å². The average Bonchev–Trinajstić information content (AvgIpc) is 3.02. The van der Waals surface area contributed by atoms with Gasteiger partial charge in [-0.25, -0.2) is 4.79 Å². The zero-order valence-electron chi connectivity index (χ0n) is 16.2. The molecule has 2 amide bonds. The van der Waals surface area contributed by atoms with Gasteiger partial charge in [0.2, 0.25) is 5.91 Å². The molecule has 1 heterocycles. The highest BCUT2D eigenvalue weighted by Gasteiger charge is 2.31. The lowest BCUT2D eigenvalue weighted by Crippen LogP contribution is -2.53. The lowest BCUT2D eigenvalue weighted by molar-refractivity contribution is -0.139. The van der Waals surface area contributed by atoms with Crippen molar-refractivity contribution < 1.29 is 24.2 Å². The van der Waals surface area contributed by atoms with Crippen molar-refractivity contribution >= 4 is 29.7 Å². The number of rotatable bonds is 7. The fourth-order valence-corrected chi connectivity index (χ4v) is 4.43. The summed E-state index contributed by atoms with van der Waals surface area (Å²) in [6, 6.07) is 14.8. The Balaban J connectivity index is 1.41. The Morgan fingerprint density at radius 1 is 1.03 bits per heavy atom. The maximum absolute atomic E-state index is 12.4. The highest BCUT2D eigenvalue weighted by Crippen LogP contribution is 2.44. The van der Waals surface area contributed by atoms with Crippen molar-refractivity contribution in [3.8, 4) is 11.1 Å². The molecule has 2 aromatic rings. The summed E-state index contributed by atoms with van der Waals surface area (Å²) in [6.45, 7) is 0.0978. The van der Waals surface area contributed by atoms with Crippen molar-refractivity contribution in [3.63, 3.8) is 0 Å². The quantitative estimate of drug-likeness (QED) is 0.629. The molecule has 1 unspecified atom stereocenters. The largest absolute Gasteiger partial charge is 0.481 e. The molecule has 1 atom stereocenters. The topological polar surface area (TPSA) is 105 Å². The fraction of sp³-hybridized carbons (Fsp3) is 0.318. The Morgan fingerprint density at radius 3 is 2.17 bits per heavy atom. The molecular weight excluding hydrogens is 404 g/mol. The minimum Gasteiger partial charge on any atom is -0.481 e. The van der Waals surface area contributed by atoms with Crippen LogP contribution in [0.15, 0.2) is 48.5 Å². The second-order valence-electron chi connectivity index (χ2n) is 7.36. The van der Waals surface area contributed by atoms with Crippen LogP contribution in [0.5, 0.6) is 0 Å². The number of ether oxygens (including phenoxy) is 1. The van der Waals surface area contributed by atoms with Crippen LogP contribution in [-0.2, 0) is 14.3 Å². The summed E-state index contributed by atoms with van der Waals surface area (Å²) in [6.07, 6.45) is -1.31. The SMILES string of the molecule is O=C(O)CC(NC(=O)OCC1c2ccccc2-c2ccccc21)C(=O)NC1CSC1. The molecule has 7 nitrogen and oxygen atoms in total. The average molecular weight is 426 g/mol. The van der Waals surface area contributed by atoms with E-state index in [1.807, 2.05) is 48.5 Å². The normalized spacial score (nSPS) is 16.0. The first kappa shape index (κ1) is 20.3. The smallest absolute Gasteiger partial charge is 0.407 e. The number of alkyl carbamates (subject to hydrolysis) is 1. The van der Waals surface area contributed by atoms with Crippen molar-refractivity contribution in [2.24, 2.45) is 0 Å². The molecule has 1 aliphatic heterocycles. The Kier molecular flexibility index (Phi) is 5.94. The molecule has 0 aromatic heterocycles. The maximum Gasteiger partial charge on any atom is 0.407 e. The Hall–Kier alpha value is -3.00. The molecule has 0 bridgehead atoms. The number of thioether (sulfide) groups is 1. The molecule has 1 saturated heterocycles. The predicted octanol–water partition coefficient (Wildman–Crippen LogP) is 2.60. The van der Waals surface area contributed by atoms with Crippen LogP contribution in [0.3, 0.4) is 0 Å². The monoisotopic (exact) mass is 426 g/mol. The summed E-state index contributed by atoms with van der Waals surface area (Å²) in [5, 5.41) is 14.3. The Labute approximate surface area is 178 Å². The van der Waals surface area contributed by atoms with Crippen LogP contribution in [-0.4, -0.2) is 53.3 Å². The molecule has 0 saturated carbocycles. The van der Waals surface area contributed by atoms with Gasteiger partial charge in [0.1, 0.15) is 12.6 Å². The number of aliphatic carboxylic acids is 1. The van der Waals surface area contributed by atoms with Gasteiger partial charge in [0.15, 0.2) is 0 Å². The summed E-state index contributed by atoms with van der Waals surface area (Å²) >= 11 is 1.69. The molecule has 30 heavy (non-hydrogen) atoms. The second-order valence-corrected chi connectivity index (χ2v) is 8.44. The van der Waals surface area contributed by atoms with Gasteiger partial charge in [-0.3, -0.25) is 9.59 Å². The van der Waals surface area contributed by atoms with Crippen molar-refractivity contribution in [1.82, 2.24) is 10.6 Å². The van der Waals surface area contributed by atoms with E-state index in [-0.39, 0.29) is 18.6 Å². The lowest BCUT2D eigenvalue weighted by Gasteiger charge is -2.28. The zero-order chi connectivity index (χ0) is 21.1. The number of carboxylic acids is 1. The van der Waals surface area contributed by atoms with E-state index in [9.17, 15) is 14.4 Å². The van der Waals surface area contributed by atoms with Gasteiger partial charge >= 0.3 is 12.1 Å². The molecule has 1 fully saturated rings. The molecule has 8 heteroatoms. The van der Waals surface area contributed by atoms with E-state index >= 15 is 0 Å². The lowest BCUT2D eigenvalue weighted by atomic mass is 9.98. The molecule has 4 rings (SSSR count). The summed E-state index contributed by atoms with van der Waals surface area (Å²) in [5.41, 5.74) is 4.38. The fourth-order valence-electron chi connectivity index (χ4n) is 3.79. The standard InChI is InChI=1S/C22H22N2O5S/c25-20(26)9-19(21(27)23-13-11-30-12-13)24-22(28)29-10-18-16-7-3-1-5-14(16)15-6-2-4-8-17(15)18/h1-8,13,18-19H,9-12H2,(H,23,27)(H,24,28)(H,25,26). The molecule has 156 valence electrons. The van der Waals surface area contributed by atoms with E-state index in [1.165, 1.54) is 0 Å². The van der Waals surface area contributed by atoms with Gasteiger partial charge in [-0.2, -0.15) is 11.8 Å². The molecule has 1 aliphatic carbocycles. The molecular formula is C22H22N2O5S. The number of carboxylic acid groups (broad SMARTS) is 1. The van der Waals surface area contributed by atoms with Crippen LogP contribution in [0.4, 0.5) is 4.79 Å². The number of hydrogen-bond acceptors (Lipinski definition) is 5. The van der Waals surface area contributed by atoms with Crippen LogP contribution >= 0.6 is 11.8 Å². The third kappa shape index (κ3) is 4.28. The van der Waals surface area contributed by atoms with Gasteiger partial charge in [-0.05, 0) is 22.3 Å². The first-order valence-electron chi connectivity index (χ1n) is 9.74. The van der Waals surface area contributed by atoms with E-state index in [0.29, 0.717) is 0 Å². The van der Waals surface area contributed by atoms with Gasteiger partial charge in [0.05, 0.1) is 6.42 Å². The summed E-state index contributed by atoms with van der Waals surface area (Å²) < 4.78 is 5.42. The van der Waals surface area contributed by atoms with E-state index in [0.717, 1.165) is 33.8 Å². The number of amides is 2. The van der Waals surface area contributed by atoms with Crippen LogP contribution in [0, 0.1) is 0 Å². The van der Waals surface area contributed by atoms with Crippen molar-refractivity contribution in [1.29, 1.82) is 0 Å². The summed E-state index contributed by atoms with van der Waals surface area (Å²) in [5.74, 6) is -0.206. The third-order valence-electron chi connectivity index (χ3n) is 5.32. The maximum atomic E-state index is 12.4. The number of carbonyl (C=O) groups excluding carboxylic acids is 2. The van der Waals surface area contributed by atoms with Crippen molar-refractivity contribution in [2.75, 3.05) is 18.1 Å². The molecule has 3 N–H and O–H groups in total. The summed E-state index contributed by atoms with van der Waals surface area (Å²) in [7, 11) is 0. The number of hydrogen-bond donors (Lipinski definition) is 3. The van der Waals surface area contributed by atoms with Crippen LogP contribution in [0.25, 0.3) is 11.1 Å². The minimum atomic E-state index is -1.18. The first-order chi connectivity index (χ1) is 14.5. The highest BCUT2D eigenvalue weighted by atomic mass is 32.2. The Bertz CT molecular complexity index is 930. The first-order valence-corrected chi connectivity index (χ1v) is 10.9. The molecule has 0 radical (unpaired) electrons. The second kappa shape index (κ2) is 8.79. The van der Waals surface area contributed by atoms with Gasteiger partial charge in [-0.15, -0.1) is 0 Å². The number of fused-ring (bicyclic) bond motifs is 3. The summed E-state index contributed by atoms with van der Waals surface area (Å²) in [4.78, 5) is 35.9. The van der Waals surface area contributed by atoms with Crippen LogP contribution in [0.1, 0.15) is 23.5 Å². The molecule has 0 spiro atoms. The third-order valence-corrected chi connectivity index (χ3v) is 6.59. The van der Waals surface area contributed by atoms with Crippen LogP contribution < -0.4 is 10.6 Å². The van der Waals surface area contributed by atoms with Gasteiger partial charge in [0, 0.05) is 23.5 Å². The molecule has 2 aliphatic rings. The zero-order valence-corrected chi connectivity index (χ0v) is 17.0. The van der Waals surface area contributed by atoms with Crippen LogP contribution in [0.2, 0.25) is 0 Å². The predicted molar refractivity (Wildman–Crippen MR) is 114 cm³/mol. The van der Waals surface area contributed by atoms with Gasteiger partial charge < -0.3 is 20.5 Å². The van der Waals surface area contributed by atoms with E-state index in [2.05, 4.69) is 10.6 Å². The number of benzene rings is 2. The number of nitrogens with one attached hydrogen (secondary N) is 2. The highest BCUT2D eigenvalue weighted by molar-refractivity contribution is 8.00. The Morgan fingerprint density at radius 2 is 1.63 bits per heavy atom. The van der Waals surface area contributed by atoms with Gasteiger partial charge in [-0.1, -0.05) is 48.5 Å². The molecule has 2 aromatic carbocycles. The van der Waals surface area contributed by atoms with Crippen molar-refractivity contribution in [2.45, 2.75) is 24.4 Å². The van der Waals surface area contributed by atoms with Gasteiger partial charge in [0.25, 0.3) is 0 Å². The van der Waals surface area contributed by atoms with E-state index in [4.69, 9.17) is 9.84 Å². The van der Waals surface area contributed by atoms with E-state index in [1.54, 1.807) is 11.8 Å².